The van der Waals surface area contributed by atoms with Crippen molar-refractivity contribution in [3.8, 4) is 28.1 Å². The highest BCUT2D eigenvalue weighted by molar-refractivity contribution is 5.70. The number of hydrogen-bond donors (Lipinski definition) is 2. The topological polar surface area (TPSA) is 102 Å². The molecule has 1 saturated carbocycles. The molecule has 0 spiro atoms. The van der Waals surface area contributed by atoms with Crippen LogP contribution in [0.3, 0.4) is 0 Å². The van der Waals surface area contributed by atoms with Gasteiger partial charge in [0.15, 0.2) is 0 Å². The number of aromatic nitrogens is 4. The Labute approximate surface area is 210 Å². The molecule has 1 aliphatic rings. The number of ether oxygens (including phenoxy) is 1. The molecule has 5 rings (SSSR count). The Hall–Kier alpha value is -4.20. The summed E-state index contributed by atoms with van der Waals surface area (Å²) in [6.07, 6.45) is 4.77. The summed E-state index contributed by atoms with van der Waals surface area (Å²) >= 11 is 0. The molecular formula is C28H29N5O3. The fourth-order valence-electron chi connectivity index (χ4n) is 4.67. The van der Waals surface area contributed by atoms with Crippen molar-refractivity contribution in [2.45, 2.75) is 38.3 Å². The number of nitrogens with one attached hydrogen (secondary N) is 1. The summed E-state index contributed by atoms with van der Waals surface area (Å²) in [7, 11) is 1.88. The first-order valence-corrected chi connectivity index (χ1v) is 12.2. The van der Waals surface area contributed by atoms with Crippen molar-refractivity contribution in [1.82, 2.24) is 20.0 Å². The second-order valence-corrected chi connectivity index (χ2v) is 9.12. The number of carbonyl (C=O) groups is 1. The van der Waals surface area contributed by atoms with Crippen molar-refractivity contribution in [2.75, 3.05) is 5.32 Å². The standard InChI is InChI=1S/C28H29N5O3/c1-33-25(18-30-26-17-21(14-15-29-26)19-6-3-2-4-7-19)27(31-32-33)20-10-12-23(13-11-20)36-24-9-5-8-22(16-24)28(34)35/h2-4,6-7,10-15,17,22,24H,5,8-9,16,18H2,1H3,(H,29,30)(H,34,35)/t22-,24-/m0/s1. The SMILES string of the molecule is Cn1nnc(-c2ccc(O[C@H]3CCC[C@H](C(=O)O)C3)cc2)c1CNc1cc(-c2ccccc2)ccn1. The van der Waals surface area contributed by atoms with Crippen LogP contribution in [-0.4, -0.2) is 37.2 Å². The van der Waals surface area contributed by atoms with E-state index in [4.69, 9.17) is 4.74 Å². The summed E-state index contributed by atoms with van der Waals surface area (Å²) in [5.41, 5.74) is 4.90. The summed E-state index contributed by atoms with van der Waals surface area (Å²) in [6, 6.07) is 22.0. The molecule has 1 aliphatic carbocycles. The van der Waals surface area contributed by atoms with E-state index in [0.717, 1.165) is 58.9 Å². The zero-order chi connectivity index (χ0) is 24.9. The highest BCUT2D eigenvalue weighted by Crippen LogP contribution is 2.30. The van der Waals surface area contributed by atoms with Crippen LogP contribution in [0.1, 0.15) is 31.4 Å². The Bertz CT molecular complexity index is 1320. The number of pyridine rings is 1. The van der Waals surface area contributed by atoms with Gasteiger partial charge in [0.05, 0.1) is 24.3 Å². The maximum absolute atomic E-state index is 11.3. The molecule has 2 aromatic carbocycles. The molecule has 2 aromatic heterocycles. The monoisotopic (exact) mass is 483 g/mol. The summed E-state index contributed by atoms with van der Waals surface area (Å²) in [5.74, 6) is 0.463. The molecule has 8 heteroatoms. The van der Waals surface area contributed by atoms with Crippen LogP contribution in [0.5, 0.6) is 5.75 Å². The van der Waals surface area contributed by atoms with Gasteiger partial charge in [-0.25, -0.2) is 9.67 Å². The van der Waals surface area contributed by atoms with E-state index in [2.05, 4.69) is 32.7 Å². The molecule has 0 unspecified atom stereocenters. The van der Waals surface area contributed by atoms with Crippen LogP contribution in [0.2, 0.25) is 0 Å². The van der Waals surface area contributed by atoms with Crippen molar-refractivity contribution in [2.24, 2.45) is 13.0 Å². The first-order valence-electron chi connectivity index (χ1n) is 12.2. The summed E-state index contributed by atoms with van der Waals surface area (Å²) in [4.78, 5) is 15.8. The van der Waals surface area contributed by atoms with Gasteiger partial charge in [-0.1, -0.05) is 35.5 Å². The van der Waals surface area contributed by atoms with Crippen LogP contribution >= 0.6 is 0 Å². The van der Waals surface area contributed by atoms with Crippen LogP contribution in [0, 0.1) is 5.92 Å². The average molecular weight is 484 g/mol. The van der Waals surface area contributed by atoms with E-state index in [9.17, 15) is 9.90 Å². The predicted octanol–water partition coefficient (Wildman–Crippen LogP) is 5.18. The fraction of sp³-hybridized carbons (Fsp3) is 0.286. The number of aliphatic carboxylic acids is 1. The number of carboxylic acids is 1. The molecule has 0 radical (unpaired) electrons. The Morgan fingerprint density at radius 1 is 1.06 bits per heavy atom. The molecule has 4 aromatic rings. The van der Waals surface area contributed by atoms with E-state index in [1.54, 1.807) is 10.9 Å². The zero-order valence-corrected chi connectivity index (χ0v) is 20.2. The van der Waals surface area contributed by atoms with Gasteiger partial charge in [0.1, 0.15) is 17.3 Å². The number of hydrogen-bond acceptors (Lipinski definition) is 6. The van der Waals surface area contributed by atoms with Gasteiger partial charge in [0.2, 0.25) is 0 Å². The van der Waals surface area contributed by atoms with Gasteiger partial charge in [-0.15, -0.1) is 5.10 Å². The summed E-state index contributed by atoms with van der Waals surface area (Å²) in [6.45, 7) is 0.515. The minimum atomic E-state index is -0.732. The molecule has 36 heavy (non-hydrogen) atoms. The van der Waals surface area contributed by atoms with Gasteiger partial charge in [-0.05, 0) is 73.2 Å². The minimum Gasteiger partial charge on any atom is -0.490 e. The molecule has 2 heterocycles. The molecule has 1 fully saturated rings. The molecule has 0 bridgehead atoms. The fourth-order valence-corrected chi connectivity index (χ4v) is 4.67. The van der Waals surface area contributed by atoms with Gasteiger partial charge in [0, 0.05) is 18.8 Å². The molecule has 0 amide bonds. The largest absolute Gasteiger partial charge is 0.490 e. The van der Waals surface area contributed by atoms with Crippen molar-refractivity contribution in [3.63, 3.8) is 0 Å². The maximum atomic E-state index is 11.3. The third-order valence-electron chi connectivity index (χ3n) is 6.65. The lowest BCUT2D eigenvalue weighted by Gasteiger charge is -2.27. The van der Waals surface area contributed by atoms with Crippen LogP contribution in [0.25, 0.3) is 22.4 Å². The zero-order valence-electron chi connectivity index (χ0n) is 20.2. The number of benzene rings is 2. The number of rotatable bonds is 8. The van der Waals surface area contributed by atoms with E-state index in [0.29, 0.717) is 13.0 Å². The number of anilines is 1. The van der Waals surface area contributed by atoms with E-state index < -0.39 is 5.97 Å². The van der Waals surface area contributed by atoms with Crippen LogP contribution in [0.15, 0.2) is 72.9 Å². The van der Waals surface area contributed by atoms with Crippen LogP contribution in [0.4, 0.5) is 5.82 Å². The quantitative estimate of drug-likeness (QED) is 0.356. The molecular weight excluding hydrogens is 454 g/mol. The van der Waals surface area contributed by atoms with Gasteiger partial charge < -0.3 is 15.2 Å². The van der Waals surface area contributed by atoms with Crippen molar-refractivity contribution in [1.29, 1.82) is 0 Å². The lowest BCUT2D eigenvalue weighted by molar-refractivity contribution is -0.143. The van der Waals surface area contributed by atoms with E-state index in [-0.39, 0.29) is 12.0 Å². The number of nitrogens with zero attached hydrogens (tertiary/aromatic N) is 4. The smallest absolute Gasteiger partial charge is 0.306 e. The Balaban J connectivity index is 1.26. The Kier molecular flexibility index (Phi) is 6.93. The average Bonchev–Trinajstić information content (AvgIpc) is 3.29. The summed E-state index contributed by atoms with van der Waals surface area (Å²) < 4.78 is 7.86. The Morgan fingerprint density at radius 3 is 2.64 bits per heavy atom. The first-order chi connectivity index (χ1) is 17.6. The second kappa shape index (κ2) is 10.6. The summed E-state index contributed by atoms with van der Waals surface area (Å²) in [5, 5.41) is 21.3. The Morgan fingerprint density at radius 2 is 1.86 bits per heavy atom. The third-order valence-corrected chi connectivity index (χ3v) is 6.65. The highest BCUT2D eigenvalue weighted by atomic mass is 16.5. The first kappa shape index (κ1) is 23.5. The van der Waals surface area contributed by atoms with E-state index in [1.165, 1.54) is 0 Å². The molecule has 2 N–H and O–H groups in total. The van der Waals surface area contributed by atoms with Gasteiger partial charge in [0.25, 0.3) is 0 Å². The molecule has 0 aliphatic heterocycles. The molecule has 0 saturated heterocycles. The normalized spacial score (nSPS) is 17.5. The van der Waals surface area contributed by atoms with E-state index in [1.807, 2.05) is 61.6 Å². The van der Waals surface area contributed by atoms with Crippen molar-refractivity contribution in [3.05, 3.63) is 78.6 Å². The lowest BCUT2D eigenvalue weighted by Crippen LogP contribution is -2.29. The molecule has 2 atom stereocenters. The van der Waals surface area contributed by atoms with Gasteiger partial charge >= 0.3 is 5.97 Å². The predicted molar refractivity (Wildman–Crippen MR) is 137 cm³/mol. The van der Waals surface area contributed by atoms with Gasteiger partial charge in [-0.2, -0.15) is 0 Å². The van der Waals surface area contributed by atoms with Crippen LogP contribution in [-0.2, 0) is 18.4 Å². The minimum absolute atomic E-state index is 0.0684. The number of carboxylic acid groups (broad SMARTS) is 1. The van der Waals surface area contributed by atoms with Crippen LogP contribution < -0.4 is 10.1 Å². The van der Waals surface area contributed by atoms with Gasteiger partial charge in [-0.3, -0.25) is 4.79 Å². The maximum Gasteiger partial charge on any atom is 0.306 e. The van der Waals surface area contributed by atoms with E-state index >= 15 is 0 Å². The molecule has 8 nitrogen and oxygen atoms in total. The number of aryl methyl sites for hydroxylation is 1. The molecule has 184 valence electrons. The highest BCUT2D eigenvalue weighted by Gasteiger charge is 2.28. The second-order valence-electron chi connectivity index (χ2n) is 9.12. The lowest BCUT2D eigenvalue weighted by atomic mass is 9.87. The third kappa shape index (κ3) is 5.38. The van der Waals surface area contributed by atoms with Crippen molar-refractivity contribution >= 4 is 11.8 Å². The van der Waals surface area contributed by atoms with Crippen molar-refractivity contribution < 1.29 is 14.6 Å².